The van der Waals surface area contributed by atoms with Crippen LogP contribution in [0.1, 0.15) is 31.0 Å². The summed E-state index contributed by atoms with van der Waals surface area (Å²) in [5.74, 6) is -0.752. The highest BCUT2D eigenvalue weighted by Crippen LogP contribution is 2.37. The first-order chi connectivity index (χ1) is 20.4. The molecule has 0 spiro atoms. The summed E-state index contributed by atoms with van der Waals surface area (Å²) in [6.45, 7) is 10.4. The normalized spacial score (nSPS) is 15.9. The van der Waals surface area contributed by atoms with Gasteiger partial charge in [0.25, 0.3) is 5.91 Å². The number of carbonyl (C=O) groups is 1. The van der Waals surface area contributed by atoms with Crippen molar-refractivity contribution in [1.29, 1.82) is 5.26 Å². The average Bonchev–Trinajstić information content (AvgIpc) is 3.61. The van der Waals surface area contributed by atoms with E-state index in [-0.39, 0.29) is 0 Å². The van der Waals surface area contributed by atoms with Crippen LogP contribution in [0.25, 0.3) is 10.8 Å². The largest absolute Gasteiger partial charge is 0.467 e. The first-order valence-corrected chi connectivity index (χ1v) is 14.5. The van der Waals surface area contributed by atoms with E-state index in [1.54, 1.807) is 13.2 Å². The second kappa shape index (κ2) is 14.8. The minimum Gasteiger partial charge on any atom is -0.467 e. The standard InChI is InChI=1S/C25H25ClFN5O2.C4H9N.C2H3N/c1-16(27)24(33)31-13-11-30(12-14-31)23-18-9-10-32(15-20(18)28-25(29-23)34-2)21-8-4-6-17-5-3-7-19(26)22(17)21;1-2-4-5-3-1;1-2-3/h3-8H,1,9-15H2,2H3;5H,1-4H2;1H3. The Morgan fingerprint density at radius 3 is 2.33 bits per heavy atom. The van der Waals surface area contributed by atoms with Crippen LogP contribution in [0, 0.1) is 11.3 Å². The fourth-order valence-electron chi connectivity index (χ4n) is 5.40. The van der Waals surface area contributed by atoms with E-state index in [1.807, 2.05) is 18.2 Å². The fraction of sp³-hybridized carbons (Fsp3) is 0.419. The van der Waals surface area contributed by atoms with Gasteiger partial charge in [-0.05, 0) is 49.9 Å². The van der Waals surface area contributed by atoms with Gasteiger partial charge in [-0.1, -0.05) is 42.4 Å². The number of methoxy groups -OCH3 is 1. The molecular weight excluding hydrogens is 557 g/mol. The molecule has 11 heteroatoms. The molecule has 9 nitrogen and oxygen atoms in total. The van der Waals surface area contributed by atoms with Crippen LogP contribution >= 0.6 is 11.6 Å². The zero-order valence-corrected chi connectivity index (χ0v) is 25.0. The fourth-order valence-corrected chi connectivity index (χ4v) is 5.68. The molecule has 0 bridgehead atoms. The van der Waals surface area contributed by atoms with Crippen molar-refractivity contribution in [1.82, 2.24) is 20.2 Å². The van der Waals surface area contributed by atoms with Gasteiger partial charge in [0.15, 0.2) is 5.83 Å². The van der Waals surface area contributed by atoms with Gasteiger partial charge in [-0.15, -0.1) is 0 Å². The molecule has 2 fully saturated rings. The summed E-state index contributed by atoms with van der Waals surface area (Å²) >= 11 is 6.57. The van der Waals surface area contributed by atoms with Crippen molar-refractivity contribution in [2.24, 2.45) is 0 Å². The Bertz CT molecular complexity index is 1440. The smallest absolute Gasteiger partial charge is 0.318 e. The van der Waals surface area contributed by atoms with E-state index in [2.05, 4.69) is 49.9 Å². The number of hydrogen-bond donors (Lipinski definition) is 1. The van der Waals surface area contributed by atoms with E-state index in [1.165, 1.54) is 37.8 Å². The van der Waals surface area contributed by atoms with Crippen molar-refractivity contribution in [3.05, 3.63) is 65.1 Å². The molecule has 0 unspecified atom stereocenters. The van der Waals surface area contributed by atoms with Gasteiger partial charge in [0, 0.05) is 56.3 Å². The molecule has 222 valence electrons. The Morgan fingerprint density at radius 1 is 1.07 bits per heavy atom. The molecular formula is C31H37ClFN7O2. The lowest BCUT2D eigenvalue weighted by Gasteiger charge is -2.38. The predicted octanol–water partition coefficient (Wildman–Crippen LogP) is 4.89. The number of benzene rings is 2. The minimum absolute atomic E-state index is 0.308. The number of carbonyl (C=O) groups excluding carboxylic acids is 1. The molecule has 1 aromatic heterocycles. The Kier molecular flexibility index (Phi) is 10.9. The molecule has 1 N–H and O–H groups in total. The topological polar surface area (TPSA) is 97.6 Å². The zero-order valence-electron chi connectivity index (χ0n) is 24.2. The number of anilines is 2. The average molecular weight is 594 g/mol. The van der Waals surface area contributed by atoms with Gasteiger partial charge in [-0.25, -0.2) is 4.39 Å². The van der Waals surface area contributed by atoms with Gasteiger partial charge in [0.1, 0.15) is 5.82 Å². The van der Waals surface area contributed by atoms with Crippen LogP contribution in [-0.4, -0.2) is 73.7 Å². The predicted molar refractivity (Wildman–Crippen MR) is 165 cm³/mol. The number of aromatic nitrogens is 2. The number of ether oxygens (including phenoxy) is 1. The van der Waals surface area contributed by atoms with Crippen molar-refractivity contribution in [2.75, 3.05) is 62.7 Å². The Hall–Kier alpha value is -3.94. The van der Waals surface area contributed by atoms with Gasteiger partial charge in [0.2, 0.25) is 0 Å². The van der Waals surface area contributed by atoms with E-state index < -0.39 is 11.7 Å². The van der Waals surface area contributed by atoms with E-state index in [4.69, 9.17) is 21.6 Å². The summed E-state index contributed by atoms with van der Waals surface area (Å²) in [5.41, 5.74) is 3.07. The Morgan fingerprint density at radius 2 is 1.74 bits per heavy atom. The first-order valence-electron chi connectivity index (χ1n) is 14.1. The van der Waals surface area contributed by atoms with E-state index in [0.29, 0.717) is 38.7 Å². The molecule has 3 aliphatic heterocycles. The number of fused-ring (bicyclic) bond motifs is 2. The van der Waals surface area contributed by atoms with E-state index in [9.17, 15) is 9.18 Å². The highest BCUT2D eigenvalue weighted by molar-refractivity contribution is 6.36. The second-order valence-corrected chi connectivity index (χ2v) is 10.5. The highest BCUT2D eigenvalue weighted by atomic mass is 35.5. The van der Waals surface area contributed by atoms with Crippen LogP contribution in [0.2, 0.25) is 5.02 Å². The molecule has 0 saturated carbocycles. The molecule has 2 aromatic carbocycles. The maximum absolute atomic E-state index is 13.3. The van der Waals surface area contributed by atoms with Gasteiger partial charge < -0.3 is 24.8 Å². The molecule has 1 amide bonds. The van der Waals surface area contributed by atoms with Crippen molar-refractivity contribution in [3.63, 3.8) is 0 Å². The SMILES string of the molecule is C1CCNC1.C=C(F)C(=O)N1CCN(c2nc(OC)nc3c2CCN(c2cccc4cccc(Cl)c24)C3)CC1.CC#N. The van der Waals surface area contributed by atoms with Crippen LogP contribution in [-0.2, 0) is 17.8 Å². The van der Waals surface area contributed by atoms with Crippen molar-refractivity contribution in [2.45, 2.75) is 32.7 Å². The number of hydrogen-bond acceptors (Lipinski definition) is 8. The number of halogens is 2. The third-order valence-electron chi connectivity index (χ3n) is 7.43. The molecule has 42 heavy (non-hydrogen) atoms. The zero-order chi connectivity index (χ0) is 30.1. The monoisotopic (exact) mass is 593 g/mol. The third kappa shape index (κ3) is 7.27. The van der Waals surface area contributed by atoms with Crippen LogP contribution in [0.3, 0.4) is 0 Å². The molecule has 0 radical (unpaired) electrons. The maximum atomic E-state index is 13.3. The second-order valence-electron chi connectivity index (χ2n) is 10.1. The summed E-state index contributed by atoms with van der Waals surface area (Å²) < 4.78 is 18.7. The number of rotatable bonds is 4. The van der Waals surface area contributed by atoms with E-state index in [0.717, 1.165) is 51.5 Å². The summed E-state index contributed by atoms with van der Waals surface area (Å²) in [5, 5.41) is 13.4. The number of amides is 1. The van der Waals surface area contributed by atoms with Crippen LogP contribution in [0.5, 0.6) is 6.01 Å². The molecule has 0 atom stereocenters. The van der Waals surface area contributed by atoms with Gasteiger partial charge >= 0.3 is 6.01 Å². The summed E-state index contributed by atoms with van der Waals surface area (Å²) in [4.78, 5) is 27.2. The van der Waals surface area contributed by atoms with Crippen molar-refractivity contribution in [3.8, 4) is 12.1 Å². The lowest BCUT2D eigenvalue weighted by atomic mass is 10.0. The van der Waals surface area contributed by atoms with Crippen LogP contribution < -0.4 is 19.9 Å². The quantitative estimate of drug-likeness (QED) is 0.427. The number of piperazine rings is 1. The lowest BCUT2D eigenvalue weighted by molar-refractivity contribution is -0.128. The molecule has 0 aliphatic carbocycles. The number of nitrogens with one attached hydrogen (secondary N) is 1. The number of nitriles is 1. The number of nitrogens with zero attached hydrogens (tertiary/aromatic N) is 6. The minimum atomic E-state index is -0.928. The molecule has 2 saturated heterocycles. The molecule has 4 heterocycles. The molecule has 6 rings (SSSR count). The third-order valence-corrected chi connectivity index (χ3v) is 7.75. The lowest BCUT2D eigenvalue weighted by Crippen LogP contribution is -2.49. The molecule has 3 aliphatic rings. The van der Waals surface area contributed by atoms with Crippen molar-refractivity contribution >= 4 is 39.8 Å². The molecule has 3 aromatic rings. The van der Waals surface area contributed by atoms with E-state index >= 15 is 0 Å². The Labute approximate surface area is 251 Å². The summed E-state index contributed by atoms with van der Waals surface area (Å²) in [6.07, 6.45) is 3.54. The van der Waals surface area contributed by atoms with Crippen LogP contribution in [0.4, 0.5) is 15.9 Å². The first kappa shape index (κ1) is 31.0. The summed E-state index contributed by atoms with van der Waals surface area (Å²) in [7, 11) is 1.56. The maximum Gasteiger partial charge on any atom is 0.318 e. The van der Waals surface area contributed by atoms with Crippen molar-refractivity contribution < 1.29 is 13.9 Å². The van der Waals surface area contributed by atoms with Gasteiger partial charge in [-0.3, -0.25) is 4.79 Å². The van der Waals surface area contributed by atoms with Crippen LogP contribution in [0.15, 0.2) is 48.8 Å². The van der Waals surface area contributed by atoms with Gasteiger partial charge in [-0.2, -0.15) is 15.2 Å². The highest BCUT2D eigenvalue weighted by Gasteiger charge is 2.29. The summed E-state index contributed by atoms with van der Waals surface area (Å²) in [6, 6.07) is 14.2. The Balaban J connectivity index is 0.000000444. The van der Waals surface area contributed by atoms with Gasteiger partial charge in [0.05, 0.1) is 30.4 Å².